The Labute approximate surface area is 167 Å². The number of amides is 2. The van der Waals surface area contributed by atoms with E-state index < -0.39 is 12.1 Å². The van der Waals surface area contributed by atoms with Gasteiger partial charge in [-0.15, -0.1) is 0 Å². The van der Waals surface area contributed by atoms with E-state index in [1.165, 1.54) is 21.0 Å². The molecule has 2 aromatic carbocycles. The van der Waals surface area contributed by atoms with Crippen molar-refractivity contribution < 1.29 is 19.1 Å². The number of nitrogens with zero attached hydrogens (tertiary/aromatic N) is 4. The maximum absolute atomic E-state index is 13.3. The van der Waals surface area contributed by atoms with Crippen molar-refractivity contribution in [1.82, 2.24) is 0 Å². The molecule has 2 atom stereocenters. The molecule has 0 unspecified atom stereocenters. The van der Waals surface area contributed by atoms with E-state index in [1.807, 2.05) is 18.2 Å². The zero-order valence-electron chi connectivity index (χ0n) is 16.2. The molecule has 29 heavy (non-hydrogen) atoms. The van der Waals surface area contributed by atoms with Gasteiger partial charge in [-0.3, -0.25) is 9.59 Å². The Morgan fingerprint density at radius 1 is 0.897 bits per heavy atom. The Morgan fingerprint density at radius 3 is 2.34 bits per heavy atom. The maximum Gasteiger partial charge on any atom is 0.263 e. The van der Waals surface area contributed by atoms with Gasteiger partial charge in [-0.25, -0.2) is 9.91 Å². The normalized spacial score (nSPS) is 22.3. The Bertz CT molecular complexity index is 1030. The number of hydrogen-bond donors (Lipinski definition) is 0. The summed E-state index contributed by atoms with van der Waals surface area (Å²) in [6.45, 7) is 0. The summed E-state index contributed by atoms with van der Waals surface area (Å²) >= 11 is 0. The van der Waals surface area contributed by atoms with Gasteiger partial charge < -0.3 is 9.47 Å². The van der Waals surface area contributed by atoms with Crippen molar-refractivity contribution in [3.8, 4) is 11.5 Å². The first-order valence-electron chi connectivity index (χ1n) is 9.53. The van der Waals surface area contributed by atoms with Crippen LogP contribution < -0.4 is 19.4 Å². The molecule has 2 amide bonds. The average molecular weight is 392 g/mol. The fraction of sp³-hybridized carbons (Fsp3) is 0.333. The minimum atomic E-state index is -0.854. The summed E-state index contributed by atoms with van der Waals surface area (Å²) in [7, 11) is 3.10. The van der Waals surface area contributed by atoms with E-state index in [0.29, 0.717) is 22.9 Å². The molecule has 1 saturated heterocycles. The smallest absolute Gasteiger partial charge is 0.263 e. The van der Waals surface area contributed by atoms with E-state index in [9.17, 15) is 9.59 Å². The molecule has 2 heterocycles. The molecule has 1 fully saturated rings. The molecule has 8 heteroatoms. The number of ether oxygens (including phenoxy) is 2. The highest BCUT2D eigenvalue weighted by Gasteiger charge is 2.55. The van der Waals surface area contributed by atoms with E-state index in [0.717, 1.165) is 19.3 Å². The third-order valence-electron chi connectivity index (χ3n) is 5.72. The number of rotatable bonds is 4. The van der Waals surface area contributed by atoms with Gasteiger partial charge in [-0.2, -0.15) is 5.11 Å². The topological polar surface area (TPSA) is 83.8 Å². The van der Waals surface area contributed by atoms with Gasteiger partial charge in [-0.1, -0.05) is 11.3 Å². The maximum atomic E-state index is 13.3. The van der Waals surface area contributed by atoms with Crippen molar-refractivity contribution >= 4 is 23.2 Å². The van der Waals surface area contributed by atoms with Crippen LogP contribution in [-0.4, -0.2) is 38.1 Å². The Balaban J connectivity index is 1.50. The SMILES string of the molecule is COc1cc(OC)cc(N2N=N[C@@H]3C(=O)N(c4ccc5c(c4)CCC5)C(=O)[C@H]32)c1. The van der Waals surface area contributed by atoms with Gasteiger partial charge in [0.15, 0.2) is 12.1 Å². The number of methoxy groups -OCH3 is 2. The van der Waals surface area contributed by atoms with Crippen molar-refractivity contribution in [3.05, 3.63) is 47.5 Å². The van der Waals surface area contributed by atoms with Gasteiger partial charge in [-0.05, 0) is 42.5 Å². The lowest BCUT2D eigenvalue weighted by atomic mass is 10.1. The molecule has 0 bridgehead atoms. The first kappa shape index (κ1) is 17.7. The van der Waals surface area contributed by atoms with Crippen LogP contribution in [0.5, 0.6) is 11.5 Å². The molecule has 0 spiro atoms. The fourth-order valence-electron chi connectivity index (χ4n) is 4.25. The molecule has 8 nitrogen and oxygen atoms in total. The van der Waals surface area contributed by atoms with Crippen molar-refractivity contribution in [1.29, 1.82) is 0 Å². The molecule has 3 aliphatic rings. The summed E-state index contributed by atoms with van der Waals surface area (Å²) in [6.07, 6.45) is 3.12. The van der Waals surface area contributed by atoms with Crippen LogP contribution in [0.25, 0.3) is 0 Å². The molecular formula is C21H20N4O4. The van der Waals surface area contributed by atoms with E-state index in [1.54, 1.807) is 32.4 Å². The van der Waals surface area contributed by atoms with Crippen LogP contribution in [0.15, 0.2) is 46.7 Å². The third kappa shape index (κ3) is 2.66. The minimum Gasteiger partial charge on any atom is -0.497 e. The van der Waals surface area contributed by atoms with Crippen molar-refractivity contribution in [3.63, 3.8) is 0 Å². The number of anilines is 2. The van der Waals surface area contributed by atoms with Gasteiger partial charge in [0.1, 0.15) is 11.5 Å². The fourth-order valence-corrected chi connectivity index (χ4v) is 4.25. The van der Waals surface area contributed by atoms with Crippen LogP contribution in [0.2, 0.25) is 0 Å². The second-order valence-corrected chi connectivity index (χ2v) is 7.33. The first-order chi connectivity index (χ1) is 14.1. The third-order valence-corrected chi connectivity index (χ3v) is 5.72. The molecule has 2 aromatic rings. The quantitative estimate of drug-likeness (QED) is 0.747. The number of carbonyl (C=O) groups is 2. The monoisotopic (exact) mass is 392 g/mol. The molecule has 5 rings (SSSR count). The number of aryl methyl sites for hydroxylation is 2. The standard InChI is InChI=1S/C21H20N4O4/c1-28-16-9-15(10-17(11-16)29-2)25-19-18(22-23-25)20(26)24(21(19)27)14-7-6-12-4-3-5-13(12)8-14/h6-11,18-19H,3-5H2,1-2H3/t18-,19-/m0/s1. The summed E-state index contributed by atoms with van der Waals surface area (Å²) in [6, 6.07) is 9.34. The highest BCUT2D eigenvalue weighted by molar-refractivity contribution is 6.26. The number of benzene rings is 2. The van der Waals surface area contributed by atoms with Crippen LogP contribution >= 0.6 is 0 Å². The predicted molar refractivity (Wildman–Crippen MR) is 105 cm³/mol. The zero-order valence-corrected chi connectivity index (χ0v) is 16.2. The molecule has 0 aromatic heterocycles. The lowest BCUT2D eigenvalue weighted by Gasteiger charge is -2.21. The number of fused-ring (bicyclic) bond motifs is 2. The van der Waals surface area contributed by atoms with Crippen LogP contribution in [0.4, 0.5) is 11.4 Å². The highest BCUT2D eigenvalue weighted by atomic mass is 16.5. The van der Waals surface area contributed by atoms with E-state index >= 15 is 0 Å². The lowest BCUT2D eigenvalue weighted by Crippen LogP contribution is -2.40. The van der Waals surface area contributed by atoms with Gasteiger partial charge in [0.25, 0.3) is 11.8 Å². The van der Waals surface area contributed by atoms with Crippen LogP contribution in [0.3, 0.4) is 0 Å². The molecule has 0 saturated carbocycles. The van der Waals surface area contributed by atoms with Gasteiger partial charge >= 0.3 is 0 Å². The zero-order chi connectivity index (χ0) is 20.1. The summed E-state index contributed by atoms with van der Waals surface area (Å²) in [4.78, 5) is 27.5. The number of hydrogen-bond acceptors (Lipinski definition) is 7. The Kier molecular flexibility index (Phi) is 4.01. The predicted octanol–water partition coefficient (Wildman–Crippen LogP) is 2.69. The Morgan fingerprint density at radius 2 is 1.62 bits per heavy atom. The van der Waals surface area contributed by atoms with Gasteiger partial charge in [0.05, 0.1) is 25.6 Å². The molecule has 1 aliphatic carbocycles. The van der Waals surface area contributed by atoms with Crippen molar-refractivity contribution in [2.45, 2.75) is 31.3 Å². The van der Waals surface area contributed by atoms with E-state index in [-0.39, 0.29) is 11.8 Å². The average Bonchev–Trinajstić information content (AvgIpc) is 3.44. The molecule has 0 radical (unpaired) electrons. The van der Waals surface area contributed by atoms with Gasteiger partial charge in [0.2, 0.25) is 0 Å². The van der Waals surface area contributed by atoms with Crippen molar-refractivity contribution in [2.75, 3.05) is 24.1 Å². The number of carbonyl (C=O) groups excluding carboxylic acids is 2. The van der Waals surface area contributed by atoms with E-state index in [2.05, 4.69) is 10.3 Å². The molecule has 0 N–H and O–H groups in total. The van der Waals surface area contributed by atoms with Crippen LogP contribution in [-0.2, 0) is 22.4 Å². The van der Waals surface area contributed by atoms with Crippen LogP contribution in [0.1, 0.15) is 17.5 Å². The van der Waals surface area contributed by atoms with Crippen molar-refractivity contribution in [2.24, 2.45) is 10.3 Å². The Hall–Kier alpha value is -3.42. The first-order valence-corrected chi connectivity index (χ1v) is 9.53. The largest absolute Gasteiger partial charge is 0.497 e. The minimum absolute atomic E-state index is 0.329. The summed E-state index contributed by atoms with van der Waals surface area (Å²) in [5.41, 5.74) is 3.68. The highest BCUT2D eigenvalue weighted by Crippen LogP contribution is 2.38. The molecular weight excluding hydrogens is 372 g/mol. The van der Waals surface area contributed by atoms with Gasteiger partial charge in [0, 0.05) is 18.2 Å². The summed E-state index contributed by atoms with van der Waals surface area (Å²) in [5, 5.41) is 9.69. The summed E-state index contributed by atoms with van der Waals surface area (Å²) < 4.78 is 10.6. The van der Waals surface area contributed by atoms with Crippen LogP contribution in [0, 0.1) is 0 Å². The molecule has 148 valence electrons. The van der Waals surface area contributed by atoms with E-state index in [4.69, 9.17) is 9.47 Å². The number of imide groups is 1. The summed E-state index contributed by atoms with van der Waals surface area (Å²) in [5.74, 6) is 0.444. The second-order valence-electron chi connectivity index (χ2n) is 7.33. The second kappa shape index (κ2) is 6.58. The lowest BCUT2D eigenvalue weighted by molar-refractivity contribution is -0.121. The molecule has 2 aliphatic heterocycles.